The quantitative estimate of drug-likeness (QED) is 0.248. The number of hydrogen-bond acceptors (Lipinski definition) is 5. The lowest BCUT2D eigenvalue weighted by atomic mass is 10.2. The standard InChI is InChI=1S/C13H20NS.C2F6NO4S2/c1-4-5-6-7-8-9-10-14-11-15-13(3)12(14)2;3-1(4,5)14(10,11)9-15(12,13)2(6,7)8/h11H,4-8H2,1-3H3;/q+1;-1. The average Bonchev–Trinajstić information content (AvgIpc) is 2.87. The molecule has 0 aliphatic carbocycles. The minimum absolute atomic E-state index is 0.778. The summed E-state index contributed by atoms with van der Waals surface area (Å²) in [4.78, 5) is 1.36. The van der Waals surface area contributed by atoms with Crippen LogP contribution in [0, 0.1) is 25.8 Å². The van der Waals surface area contributed by atoms with Crippen LogP contribution in [0.2, 0.25) is 0 Å². The molecule has 0 N–H and O–H groups in total. The third-order valence-electron chi connectivity index (χ3n) is 3.34. The Kier molecular flexibility index (Phi) is 10.8. The van der Waals surface area contributed by atoms with Crippen molar-refractivity contribution in [3.8, 4) is 12.0 Å². The molecule has 0 aromatic carbocycles. The number of aryl methyl sites for hydroxylation is 1. The smallest absolute Gasteiger partial charge is 0.421 e. The number of halogens is 6. The molecule has 1 aromatic rings. The lowest BCUT2D eigenvalue weighted by Gasteiger charge is -2.22. The molecular formula is C15H20F6N2O4S3. The minimum atomic E-state index is -6.72. The lowest BCUT2D eigenvalue weighted by molar-refractivity contribution is -0.585. The Hall–Kier alpha value is -1.37. The van der Waals surface area contributed by atoms with Gasteiger partial charge in [-0.15, -0.1) is 4.57 Å². The number of thiazole rings is 1. The van der Waals surface area contributed by atoms with Crippen molar-refractivity contribution in [3.05, 3.63) is 20.2 Å². The topological polar surface area (TPSA) is 86.3 Å². The normalized spacial score (nSPS) is 12.6. The second kappa shape index (κ2) is 11.3. The van der Waals surface area contributed by atoms with Crippen LogP contribution in [0.5, 0.6) is 0 Å². The Bertz CT molecular complexity index is 913. The maximum absolute atomic E-state index is 11.4. The second-order valence-corrected chi connectivity index (χ2v) is 10.2. The molecule has 0 aliphatic heterocycles. The largest absolute Gasteiger partial charge is 0.480 e. The average molecular weight is 503 g/mol. The van der Waals surface area contributed by atoms with E-state index in [0.29, 0.717) is 0 Å². The minimum Gasteiger partial charge on any atom is -0.421 e. The van der Waals surface area contributed by atoms with Gasteiger partial charge in [-0.1, -0.05) is 37.5 Å². The lowest BCUT2D eigenvalue weighted by Crippen LogP contribution is -2.30. The van der Waals surface area contributed by atoms with Gasteiger partial charge < -0.3 is 4.13 Å². The van der Waals surface area contributed by atoms with Crippen molar-refractivity contribution in [2.45, 2.75) is 63.9 Å². The molecule has 0 fully saturated rings. The predicted octanol–water partition coefficient (Wildman–Crippen LogP) is 4.49. The van der Waals surface area contributed by atoms with Crippen molar-refractivity contribution >= 4 is 31.4 Å². The molecule has 15 heteroatoms. The SMILES string of the molecule is CCCCCCC#C[n+]1csc(C)c1C.O=S(=O)([N-]S(=O)(=O)C(F)(F)F)C(F)(F)F. The van der Waals surface area contributed by atoms with Gasteiger partial charge >= 0.3 is 11.0 Å². The maximum Gasteiger partial charge on any atom is 0.480 e. The summed E-state index contributed by atoms with van der Waals surface area (Å²) in [5.74, 6) is 3.23. The molecule has 1 heterocycles. The summed E-state index contributed by atoms with van der Waals surface area (Å²) in [6, 6.07) is 3.19. The molecule has 0 saturated carbocycles. The molecule has 0 bridgehead atoms. The van der Waals surface area contributed by atoms with E-state index in [9.17, 15) is 43.2 Å². The first-order valence-corrected chi connectivity index (χ1v) is 12.0. The fourth-order valence-electron chi connectivity index (χ4n) is 1.57. The number of unbranched alkanes of at least 4 members (excludes halogenated alkanes) is 4. The van der Waals surface area contributed by atoms with E-state index in [1.54, 1.807) is 11.3 Å². The summed E-state index contributed by atoms with van der Waals surface area (Å²) in [6.07, 6.45) is 6.22. The summed E-state index contributed by atoms with van der Waals surface area (Å²) in [5, 5.41) is 0. The molecule has 0 atom stereocenters. The molecule has 1 rings (SSSR count). The van der Waals surface area contributed by atoms with Crippen LogP contribution in [-0.2, 0) is 20.0 Å². The van der Waals surface area contributed by atoms with E-state index in [1.165, 1.54) is 36.3 Å². The van der Waals surface area contributed by atoms with Crippen LogP contribution in [0.3, 0.4) is 0 Å². The molecular weight excluding hydrogens is 482 g/mol. The van der Waals surface area contributed by atoms with Crippen molar-refractivity contribution in [1.82, 2.24) is 0 Å². The van der Waals surface area contributed by atoms with Gasteiger partial charge in [-0.05, 0) is 19.3 Å². The maximum atomic E-state index is 11.4. The Morgan fingerprint density at radius 2 is 1.47 bits per heavy atom. The van der Waals surface area contributed by atoms with Crippen molar-refractivity contribution < 1.29 is 47.7 Å². The molecule has 0 aliphatic rings. The van der Waals surface area contributed by atoms with Gasteiger partial charge in [0.15, 0.2) is 20.0 Å². The first kappa shape index (κ1) is 28.6. The van der Waals surface area contributed by atoms with Gasteiger partial charge in [0, 0.05) is 13.3 Å². The highest BCUT2D eigenvalue weighted by molar-refractivity contribution is 8.13. The van der Waals surface area contributed by atoms with E-state index in [2.05, 4.69) is 38.2 Å². The number of aromatic nitrogens is 1. The van der Waals surface area contributed by atoms with Crippen LogP contribution in [0.4, 0.5) is 26.3 Å². The predicted molar refractivity (Wildman–Crippen MR) is 99.2 cm³/mol. The van der Waals surface area contributed by atoms with E-state index in [0.717, 1.165) is 10.5 Å². The highest BCUT2D eigenvalue weighted by Gasteiger charge is 2.46. The van der Waals surface area contributed by atoms with Crippen LogP contribution >= 0.6 is 11.3 Å². The third kappa shape index (κ3) is 9.19. The molecule has 6 nitrogen and oxygen atoms in total. The Morgan fingerprint density at radius 1 is 0.967 bits per heavy atom. The highest BCUT2D eigenvalue weighted by atomic mass is 32.3. The van der Waals surface area contributed by atoms with Crippen LogP contribution in [0.1, 0.15) is 49.6 Å². The van der Waals surface area contributed by atoms with E-state index >= 15 is 0 Å². The molecule has 0 spiro atoms. The van der Waals surface area contributed by atoms with Crippen molar-refractivity contribution in [3.63, 3.8) is 0 Å². The zero-order valence-electron chi connectivity index (χ0n) is 16.1. The second-order valence-electron chi connectivity index (χ2n) is 5.75. The third-order valence-corrected chi connectivity index (χ3v) is 7.05. The van der Waals surface area contributed by atoms with Gasteiger partial charge in [0.1, 0.15) is 0 Å². The van der Waals surface area contributed by atoms with Crippen LogP contribution in [0.15, 0.2) is 5.51 Å². The van der Waals surface area contributed by atoms with Gasteiger partial charge in [0.05, 0.1) is 4.88 Å². The molecule has 0 amide bonds. The summed E-state index contributed by atoms with van der Waals surface area (Å²) in [5.41, 5.74) is -9.04. The molecule has 0 saturated heterocycles. The molecule has 0 unspecified atom stereocenters. The first-order valence-electron chi connectivity index (χ1n) is 8.28. The molecule has 1 aromatic heterocycles. The van der Waals surface area contributed by atoms with E-state index < -0.39 is 31.1 Å². The summed E-state index contributed by atoms with van der Waals surface area (Å²) in [6.45, 7) is 6.50. The molecule has 174 valence electrons. The summed E-state index contributed by atoms with van der Waals surface area (Å²) >= 11 is 1.76. The number of alkyl halides is 6. The zero-order chi connectivity index (χ0) is 23.8. The van der Waals surface area contributed by atoms with Gasteiger partial charge in [-0.25, -0.2) is 16.8 Å². The zero-order valence-corrected chi connectivity index (χ0v) is 18.6. The number of hydrogen-bond donors (Lipinski definition) is 0. The summed E-state index contributed by atoms with van der Waals surface area (Å²) in [7, 11) is -13.4. The number of sulfonamides is 2. The Labute approximate surface area is 175 Å². The van der Waals surface area contributed by atoms with Crippen molar-refractivity contribution in [2.75, 3.05) is 0 Å². The van der Waals surface area contributed by atoms with Crippen molar-refractivity contribution in [1.29, 1.82) is 0 Å². The van der Waals surface area contributed by atoms with Crippen LogP contribution in [0.25, 0.3) is 4.13 Å². The number of rotatable bonds is 6. The van der Waals surface area contributed by atoms with Crippen molar-refractivity contribution in [2.24, 2.45) is 0 Å². The Morgan fingerprint density at radius 3 is 1.83 bits per heavy atom. The number of nitrogens with zero attached hydrogens (tertiary/aromatic N) is 2. The molecule has 0 radical (unpaired) electrons. The first-order chi connectivity index (χ1) is 13.5. The fourth-order valence-corrected chi connectivity index (χ4v) is 4.02. The van der Waals surface area contributed by atoms with Gasteiger partial charge in [0.25, 0.3) is 0 Å². The van der Waals surface area contributed by atoms with Crippen LogP contribution in [-0.4, -0.2) is 27.9 Å². The Balaban J connectivity index is 0.000000561. The highest BCUT2D eigenvalue weighted by Crippen LogP contribution is 2.36. The van der Waals surface area contributed by atoms with Gasteiger partial charge in [-0.3, -0.25) is 0 Å². The summed E-state index contributed by atoms with van der Waals surface area (Å²) < 4.78 is 111. The monoisotopic (exact) mass is 502 g/mol. The van der Waals surface area contributed by atoms with E-state index in [-0.39, 0.29) is 0 Å². The van der Waals surface area contributed by atoms with E-state index in [4.69, 9.17) is 0 Å². The van der Waals surface area contributed by atoms with E-state index in [1.807, 2.05) is 4.57 Å². The van der Waals surface area contributed by atoms with Gasteiger partial charge in [0.2, 0.25) is 17.2 Å². The molecule has 30 heavy (non-hydrogen) atoms. The fraction of sp³-hybridized carbons (Fsp3) is 0.667. The van der Waals surface area contributed by atoms with Crippen LogP contribution < -0.4 is 4.57 Å². The van der Waals surface area contributed by atoms with Gasteiger partial charge in [-0.2, -0.15) is 26.3 Å².